The second-order valence-electron chi connectivity index (χ2n) is 3.50. The van der Waals surface area contributed by atoms with Crippen molar-refractivity contribution in [1.82, 2.24) is 15.0 Å². The van der Waals surface area contributed by atoms with E-state index in [1.54, 1.807) is 11.8 Å². The van der Waals surface area contributed by atoms with Crippen LogP contribution in [0.1, 0.15) is 23.1 Å². The molecule has 0 bridgehead atoms. The van der Waals surface area contributed by atoms with Gasteiger partial charge in [0.2, 0.25) is 0 Å². The summed E-state index contributed by atoms with van der Waals surface area (Å²) in [5, 5.41) is 7.82. The van der Waals surface area contributed by atoms with Crippen LogP contribution in [0, 0.1) is 0 Å². The lowest BCUT2D eigenvalue weighted by molar-refractivity contribution is 0.111. The van der Waals surface area contributed by atoms with Crippen LogP contribution in [0.4, 0.5) is 0 Å². The van der Waals surface area contributed by atoms with Crippen LogP contribution in [-0.4, -0.2) is 28.4 Å². The fourth-order valence-electron chi connectivity index (χ4n) is 1.67. The molecule has 5 nitrogen and oxygen atoms in total. The van der Waals surface area contributed by atoms with Crippen molar-refractivity contribution in [2.75, 3.05) is 7.11 Å². The third-order valence-corrected chi connectivity index (χ3v) is 2.56. The van der Waals surface area contributed by atoms with Crippen molar-refractivity contribution in [3.05, 3.63) is 35.7 Å². The molecule has 88 valence electrons. The van der Waals surface area contributed by atoms with Crippen LogP contribution < -0.4 is 4.74 Å². The highest BCUT2D eigenvalue weighted by molar-refractivity contribution is 5.73. The van der Waals surface area contributed by atoms with Crippen molar-refractivity contribution in [2.45, 2.75) is 13.3 Å². The number of benzene rings is 1. The van der Waals surface area contributed by atoms with Gasteiger partial charge in [-0.1, -0.05) is 12.1 Å². The predicted molar refractivity (Wildman–Crippen MR) is 62.7 cm³/mol. The average Bonchev–Trinajstić information content (AvgIpc) is 2.81. The zero-order chi connectivity index (χ0) is 12.3. The Kier molecular flexibility index (Phi) is 3.18. The molecule has 2 rings (SSSR count). The third kappa shape index (κ3) is 2.04. The van der Waals surface area contributed by atoms with Crippen LogP contribution >= 0.6 is 0 Å². The normalized spacial score (nSPS) is 10.2. The van der Waals surface area contributed by atoms with Gasteiger partial charge in [-0.2, -0.15) is 0 Å². The van der Waals surface area contributed by atoms with E-state index >= 15 is 0 Å². The first-order valence-electron chi connectivity index (χ1n) is 5.34. The lowest BCUT2D eigenvalue weighted by Crippen LogP contribution is -2.02. The van der Waals surface area contributed by atoms with Gasteiger partial charge in [0.15, 0.2) is 6.29 Å². The Morgan fingerprint density at radius 3 is 2.59 bits per heavy atom. The number of hydrogen-bond acceptors (Lipinski definition) is 4. The van der Waals surface area contributed by atoms with Crippen molar-refractivity contribution in [2.24, 2.45) is 0 Å². The molecule has 0 saturated carbocycles. The van der Waals surface area contributed by atoms with Crippen LogP contribution in [0.2, 0.25) is 0 Å². The Hall–Kier alpha value is -2.17. The molecule has 1 heterocycles. The van der Waals surface area contributed by atoms with Crippen LogP contribution in [0.15, 0.2) is 24.3 Å². The van der Waals surface area contributed by atoms with E-state index in [0.29, 0.717) is 12.1 Å². The quantitative estimate of drug-likeness (QED) is 0.751. The first kappa shape index (κ1) is 11.3. The zero-order valence-electron chi connectivity index (χ0n) is 9.75. The summed E-state index contributed by atoms with van der Waals surface area (Å²) in [5.41, 5.74) is 2.07. The van der Waals surface area contributed by atoms with Gasteiger partial charge in [0, 0.05) is 0 Å². The minimum Gasteiger partial charge on any atom is -0.497 e. The van der Waals surface area contributed by atoms with E-state index in [9.17, 15) is 4.79 Å². The van der Waals surface area contributed by atoms with Gasteiger partial charge in [0.25, 0.3) is 0 Å². The predicted octanol–water partition coefficient (Wildman–Crippen LogP) is 1.65. The lowest BCUT2D eigenvalue weighted by Gasteiger charge is -2.05. The highest BCUT2D eigenvalue weighted by atomic mass is 16.5. The van der Waals surface area contributed by atoms with E-state index < -0.39 is 0 Å². The Balaban J connectivity index is 2.44. The molecule has 0 aliphatic carbocycles. The number of nitrogens with zero attached hydrogens (tertiary/aromatic N) is 3. The molecule has 0 aliphatic heterocycles. The number of carbonyl (C=O) groups excluding carboxylic acids is 1. The summed E-state index contributed by atoms with van der Waals surface area (Å²) in [5.74, 6) is 0.780. The molecule has 0 amide bonds. The summed E-state index contributed by atoms with van der Waals surface area (Å²) in [4.78, 5) is 10.8. The fraction of sp³-hybridized carbons (Fsp3) is 0.250. The van der Waals surface area contributed by atoms with Crippen LogP contribution in [0.5, 0.6) is 5.75 Å². The highest BCUT2D eigenvalue weighted by Gasteiger charge is 2.11. The van der Waals surface area contributed by atoms with E-state index in [1.165, 1.54) is 0 Å². The molecule has 0 N–H and O–H groups in total. The molecule has 0 atom stereocenters. The maximum atomic E-state index is 10.8. The summed E-state index contributed by atoms with van der Waals surface area (Å²) in [7, 11) is 1.62. The van der Waals surface area contributed by atoms with Crippen LogP contribution in [0.3, 0.4) is 0 Å². The Bertz CT molecular complexity index is 517. The Morgan fingerprint density at radius 1 is 1.35 bits per heavy atom. The second-order valence-corrected chi connectivity index (χ2v) is 3.50. The van der Waals surface area contributed by atoms with Gasteiger partial charge in [0.1, 0.15) is 11.4 Å². The molecule has 0 unspecified atom stereocenters. The maximum absolute atomic E-state index is 10.8. The van der Waals surface area contributed by atoms with Crippen molar-refractivity contribution in [3.63, 3.8) is 0 Å². The van der Waals surface area contributed by atoms with E-state index in [-0.39, 0.29) is 0 Å². The first-order valence-corrected chi connectivity index (χ1v) is 5.34. The minimum atomic E-state index is 0.392. The fourth-order valence-corrected chi connectivity index (χ4v) is 1.67. The van der Waals surface area contributed by atoms with Crippen molar-refractivity contribution in [1.29, 1.82) is 0 Å². The molecule has 2 aromatic rings. The Morgan fingerprint density at radius 2 is 2.06 bits per heavy atom. The molecule has 0 fully saturated rings. The molecule has 5 heteroatoms. The molecule has 0 spiro atoms. The molecule has 0 aliphatic rings. The average molecular weight is 231 g/mol. The molecule has 1 aromatic heterocycles. The van der Waals surface area contributed by atoms with Crippen LogP contribution in [0.25, 0.3) is 5.69 Å². The van der Waals surface area contributed by atoms with Gasteiger partial charge in [-0.15, -0.1) is 5.10 Å². The monoisotopic (exact) mass is 231 g/mol. The first-order chi connectivity index (χ1) is 8.30. The summed E-state index contributed by atoms with van der Waals surface area (Å²) < 4.78 is 6.76. The SMILES string of the molecule is CCc1c(C=O)nnn1-c1ccc(OC)cc1. The number of carbonyl (C=O) groups is 1. The van der Waals surface area contributed by atoms with E-state index in [0.717, 1.165) is 23.4 Å². The van der Waals surface area contributed by atoms with Gasteiger partial charge < -0.3 is 4.74 Å². The van der Waals surface area contributed by atoms with E-state index in [1.807, 2.05) is 31.2 Å². The van der Waals surface area contributed by atoms with Crippen molar-refractivity contribution in [3.8, 4) is 11.4 Å². The van der Waals surface area contributed by atoms with Crippen molar-refractivity contribution >= 4 is 6.29 Å². The van der Waals surface area contributed by atoms with E-state index in [4.69, 9.17) is 4.74 Å². The summed E-state index contributed by atoms with van der Waals surface area (Å²) in [6, 6.07) is 7.44. The standard InChI is InChI=1S/C12H13N3O2/c1-3-12-11(8-16)13-14-15(12)9-4-6-10(17-2)7-5-9/h4-8H,3H2,1-2H3. The molecule has 0 saturated heterocycles. The van der Waals surface area contributed by atoms with Crippen LogP contribution in [-0.2, 0) is 6.42 Å². The summed E-state index contributed by atoms with van der Waals surface area (Å²) in [6.45, 7) is 1.96. The van der Waals surface area contributed by atoms with Gasteiger partial charge >= 0.3 is 0 Å². The zero-order valence-corrected chi connectivity index (χ0v) is 9.75. The van der Waals surface area contributed by atoms with Gasteiger partial charge in [-0.3, -0.25) is 4.79 Å². The van der Waals surface area contributed by atoms with Gasteiger partial charge in [-0.25, -0.2) is 4.68 Å². The molecule has 0 radical (unpaired) electrons. The third-order valence-electron chi connectivity index (χ3n) is 2.56. The smallest absolute Gasteiger partial charge is 0.172 e. The highest BCUT2D eigenvalue weighted by Crippen LogP contribution is 2.16. The van der Waals surface area contributed by atoms with E-state index in [2.05, 4.69) is 10.3 Å². The Labute approximate surface area is 99.0 Å². The lowest BCUT2D eigenvalue weighted by atomic mass is 10.2. The molecule has 1 aromatic carbocycles. The van der Waals surface area contributed by atoms with Gasteiger partial charge in [0.05, 0.1) is 18.5 Å². The number of ether oxygens (including phenoxy) is 1. The number of rotatable bonds is 4. The topological polar surface area (TPSA) is 57.0 Å². The minimum absolute atomic E-state index is 0.392. The number of hydrogen-bond donors (Lipinski definition) is 0. The summed E-state index contributed by atoms with van der Waals surface area (Å²) >= 11 is 0. The largest absolute Gasteiger partial charge is 0.497 e. The number of aldehydes is 1. The molecule has 17 heavy (non-hydrogen) atoms. The number of methoxy groups -OCH3 is 1. The van der Waals surface area contributed by atoms with Crippen molar-refractivity contribution < 1.29 is 9.53 Å². The molecular formula is C12H13N3O2. The molecular weight excluding hydrogens is 218 g/mol. The summed E-state index contributed by atoms with van der Waals surface area (Å²) in [6.07, 6.45) is 1.43. The number of aromatic nitrogens is 3. The second kappa shape index (κ2) is 4.78. The maximum Gasteiger partial charge on any atom is 0.172 e. The van der Waals surface area contributed by atoms with Gasteiger partial charge in [-0.05, 0) is 30.7 Å².